The first-order chi connectivity index (χ1) is 12.0. The smallest absolute Gasteiger partial charge is 0.0701 e. The Bertz CT molecular complexity index is 133. The predicted molar refractivity (Wildman–Crippen MR) is 94.7 cm³/mol. The molecule has 1 rings (SSSR count). The zero-order valence-corrected chi connectivity index (χ0v) is 15.3. The van der Waals surface area contributed by atoms with Crippen LogP contribution in [0.25, 0.3) is 0 Å². The van der Waals surface area contributed by atoms with E-state index in [9.17, 15) is 0 Å². The van der Waals surface area contributed by atoms with E-state index in [1.807, 2.05) is 0 Å². The average Bonchev–Trinajstić information content (AvgIpc) is 2.59. The lowest BCUT2D eigenvalue weighted by molar-refractivity contribution is -0.0114. The number of hydrogen-bond acceptors (Lipinski definition) is 6. The minimum Gasteiger partial charge on any atom is -0.379 e. The molecule has 0 aromatic rings. The summed E-state index contributed by atoms with van der Waals surface area (Å²) in [7, 11) is 0. The van der Waals surface area contributed by atoms with Crippen LogP contribution in [0.4, 0.5) is 0 Å². The summed E-state index contributed by atoms with van der Waals surface area (Å²) in [5, 5.41) is 3.50. The minimum atomic E-state index is 0.604. The number of ether oxygens (including phenoxy) is 5. The molecule has 6 heteroatoms. The highest BCUT2D eigenvalue weighted by atomic mass is 16.6. The fourth-order valence-electron chi connectivity index (χ4n) is 2.37. The molecule has 6 nitrogen and oxygen atoms in total. The summed E-state index contributed by atoms with van der Waals surface area (Å²) in [5.41, 5.74) is 0. The van der Waals surface area contributed by atoms with E-state index in [0.29, 0.717) is 52.9 Å². The molecule has 1 aliphatic heterocycles. The largest absolute Gasteiger partial charge is 0.379 e. The molecule has 0 unspecified atom stereocenters. The molecule has 1 saturated heterocycles. The topological polar surface area (TPSA) is 58.2 Å². The van der Waals surface area contributed by atoms with Gasteiger partial charge in [0.2, 0.25) is 0 Å². The van der Waals surface area contributed by atoms with Gasteiger partial charge in [0.1, 0.15) is 0 Å². The Balaban J connectivity index is 2.00. The zero-order valence-electron chi connectivity index (χ0n) is 15.3. The van der Waals surface area contributed by atoms with Crippen molar-refractivity contribution >= 4 is 0 Å². The Kier molecular flexibility index (Phi) is 17.3. The van der Waals surface area contributed by atoms with Crippen molar-refractivity contribution in [2.45, 2.75) is 38.5 Å². The van der Waals surface area contributed by atoms with E-state index < -0.39 is 0 Å². The highest BCUT2D eigenvalue weighted by molar-refractivity contribution is 4.50. The Morgan fingerprint density at radius 2 is 0.667 bits per heavy atom. The summed E-state index contributed by atoms with van der Waals surface area (Å²) in [4.78, 5) is 0. The highest BCUT2D eigenvalue weighted by Gasteiger charge is 1.96. The van der Waals surface area contributed by atoms with Gasteiger partial charge in [0, 0.05) is 13.2 Å². The maximum Gasteiger partial charge on any atom is 0.0701 e. The monoisotopic (exact) mass is 347 g/mol. The molecule has 0 saturated carbocycles. The molecule has 1 heterocycles. The molecule has 0 radical (unpaired) electrons. The molecular weight excluding hydrogens is 310 g/mol. The van der Waals surface area contributed by atoms with Crippen LogP contribution in [0.1, 0.15) is 38.5 Å². The maximum absolute atomic E-state index is 5.55. The van der Waals surface area contributed by atoms with Crippen LogP contribution < -0.4 is 5.32 Å². The van der Waals surface area contributed by atoms with Gasteiger partial charge in [-0.15, -0.1) is 0 Å². The molecule has 0 amide bonds. The van der Waals surface area contributed by atoms with E-state index in [2.05, 4.69) is 5.32 Å². The van der Waals surface area contributed by atoms with Crippen LogP contribution in [-0.2, 0) is 23.7 Å². The summed E-state index contributed by atoms with van der Waals surface area (Å²) < 4.78 is 27.4. The van der Waals surface area contributed by atoms with Crippen molar-refractivity contribution in [1.29, 1.82) is 0 Å². The van der Waals surface area contributed by atoms with Crippen molar-refractivity contribution in [1.82, 2.24) is 5.32 Å². The van der Waals surface area contributed by atoms with E-state index in [4.69, 9.17) is 23.7 Å². The second-order valence-electron chi connectivity index (χ2n) is 5.93. The first kappa shape index (κ1) is 21.8. The maximum atomic E-state index is 5.55. The average molecular weight is 347 g/mol. The van der Waals surface area contributed by atoms with Gasteiger partial charge in [0.05, 0.1) is 52.9 Å². The van der Waals surface area contributed by atoms with Crippen molar-refractivity contribution in [3.8, 4) is 0 Å². The summed E-state index contributed by atoms with van der Waals surface area (Å²) in [6, 6.07) is 0. The second-order valence-corrected chi connectivity index (χ2v) is 5.93. The lowest BCUT2D eigenvalue weighted by Crippen LogP contribution is -2.17. The summed E-state index contributed by atoms with van der Waals surface area (Å²) in [5.74, 6) is 0. The third-order valence-corrected chi connectivity index (χ3v) is 3.77. The molecule has 1 N–H and O–H groups in total. The molecular formula is C18H37NO5. The molecule has 0 atom stereocenters. The van der Waals surface area contributed by atoms with E-state index in [-0.39, 0.29) is 0 Å². The SMILES string of the molecule is C1CCNCCCCCOCCOCCOCCOCCOCC1. The fraction of sp³-hybridized carbons (Fsp3) is 1.00. The van der Waals surface area contributed by atoms with Crippen molar-refractivity contribution in [2.75, 3.05) is 79.2 Å². The standard InChI is InChI=1S/C18H37NO5/c1-3-7-19-8-4-2-6-10-21-12-14-23-16-18-24-17-15-22-13-11-20-9-5-1/h19H,1-18H2. The summed E-state index contributed by atoms with van der Waals surface area (Å²) >= 11 is 0. The van der Waals surface area contributed by atoms with Gasteiger partial charge in [-0.25, -0.2) is 0 Å². The van der Waals surface area contributed by atoms with E-state index in [1.54, 1.807) is 0 Å². The van der Waals surface area contributed by atoms with Gasteiger partial charge in [-0.05, 0) is 51.6 Å². The Morgan fingerprint density at radius 1 is 0.333 bits per heavy atom. The Morgan fingerprint density at radius 3 is 1.04 bits per heavy atom. The van der Waals surface area contributed by atoms with Crippen LogP contribution >= 0.6 is 0 Å². The quantitative estimate of drug-likeness (QED) is 0.723. The molecule has 144 valence electrons. The molecule has 0 aromatic heterocycles. The molecule has 24 heavy (non-hydrogen) atoms. The van der Waals surface area contributed by atoms with Crippen LogP contribution in [-0.4, -0.2) is 79.2 Å². The molecule has 1 fully saturated rings. The second kappa shape index (κ2) is 19.1. The number of nitrogens with one attached hydrogen (secondary N) is 1. The normalized spacial score (nSPS) is 24.0. The lowest BCUT2D eigenvalue weighted by atomic mass is 10.2. The molecule has 0 aliphatic carbocycles. The van der Waals surface area contributed by atoms with Gasteiger partial charge in [-0.1, -0.05) is 0 Å². The third-order valence-electron chi connectivity index (χ3n) is 3.77. The van der Waals surface area contributed by atoms with Gasteiger partial charge in [-0.2, -0.15) is 0 Å². The Labute approximate surface area is 147 Å². The first-order valence-electron chi connectivity index (χ1n) is 9.59. The predicted octanol–water partition coefficient (Wildman–Crippen LogP) is 2.01. The van der Waals surface area contributed by atoms with Crippen LogP contribution in [0.3, 0.4) is 0 Å². The Hall–Kier alpha value is -0.240. The van der Waals surface area contributed by atoms with Gasteiger partial charge in [-0.3, -0.25) is 0 Å². The third kappa shape index (κ3) is 16.6. The molecule has 0 bridgehead atoms. The van der Waals surface area contributed by atoms with Crippen molar-refractivity contribution in [3.63, 3.8) is 0 Å². The fourth-order valence-corrected chi connectivity index (χ4v) is 2.37. The zero-order chi connectivity index (χ0) is 17.0. The van der Waals surface area contributed by atoms with E-state index in [1.165, 1.54) is 25.7 Å². The van der Waals surface area contributed by atoms with Crippen molar-refractivity contribution in [2.24, 2.45) is 0 Å². The van der Waals surface area contributed by atoms with E-state index >= 15 is 0 Å². The van der Waals surface area contributed by atoms with Gasteiger partial charge >= 0.3 is 0 Å². The van der Waals surface area contributed by atoms with Crippen LogP contribution in [0.15, 0.2) is 0 Å². The van der Waals surface area contributed by atoms with Crippen molar-refractivity contribution < 1.29 is 23.7 Å². The highest BCUT2D eigenvalue weighted by Crippen LogP contribution is 1.97. The molecule has 0 spiro atoms. The molecule has 1 aliphatic rings. The van der Waals surface area contributed by atoms with Crippen LogP contribution in [0.2, 0.25) is 0 Å². The molecule has 0 aromatic carbocycles. The van der Waals surface area contributed by atoms with Gasteiger partial charge in [0.15, 0.2) is 0 Å². The number of hydrogen-bond donors (Lipinski definition) is 1. The van der Waals surface area contributed by atoms with Gasteiger partial charge in [0.25, 0.3) is 0 Å². The lowest BCUT2D eigenvalue weighted by Gasteiger charge is -2.09. The van der Waals surface area contributed by atoms with Crippen LogP contribution in [0.5, 0.6) is 0 Å². The summed E-state index contributed by atoms with van der Waals surface area (Å²) in [6.45, 7) is 8.92. The van der Waals surface area contributed by atoms with Crippen LogP contribution in [0, 0.1) is 0 Å². The summed E-state index contributed by atoms with van der Waals surface area (Å²) in [6.07, 6.45) is 7.14. The first-order valence-corrected chi connectivity index (χ1v) is 9.59. The van der Waals surface area contributed by atoms with Gasteiger partial charge < -0.3 is 29.0 Å². The minimum absolute atomic E-state index is 0.604. The van der Waals surface area contributed by atoms with Crippen molar-refractivity contribution in [3.05, 3.63) is 0 Å². The van der Waals surface area contributed by atoms with E-state index in [0.717, 1.165) is 39.1 Å². The number of rotatable bonds is 0.